The van der Waals surface area contributed by atoms with E-state index in [0.29, 0.717) is 0 Å². The van der Waals surface area contributed by atoms with Gasteiger partial charge in [0.1, 0.15) is 6.10 Å². The summed E-state index contributed by atoms with van der Waals surface area (Å²) < 4.78 is 31.1. The van der Waals surface area contributed by atoms with Gasteiger partial charge in [0, 0.05) is 22.2 Å². The van der Waals surface area contributed by atoms with Crippen LogP contribution in [0.25, 0.3) is 0 Å². The SMILES string of the molecule is Cc1cccc(C)c1S[C@H]1[C@@H]2O[Si](C(C)C)(C(C)C)O[Si](C(C)C)(C(C)C)OC[C@H]2O[C@@H]1n1cc(C)c(=O)n(C(=O)c2ccccc2)c1=O. The molecule has 0 spiro atoms. The summed E-state index contributed by atoms with van der Waals surface area (Å²) in [6.07, 6.45) is -0.381. The summed E-state index contributed by atoms with van der Waals surface area (Å²) in [6, 6.07) is 14.6. The van der Waals surface area contributed by atoms with E-state index in [0.717, 1.165) is 20.6 Å². The fourth-order valence-corrected chi connectivity index (χ4v) is 20.1. The number of carbonyl (C=O) groups excluding carboxylic acids is 1. The molecule has 0 radical (unpaired) electrons. The Labute approximate surface area is 296 Å². The van der Waals surface area contributed by atoms with E-state index in [1.165, 1.54) is 10.8 Å². The molecule has 4 atom stereocenters. The van der Waals surface area contributed by atoms with E-state index >= 15 is 0 Å². The molecule has 0 unspecified atom stereocenters. The zero-order chi connectivity index (χ0) is 36.0. The van der Waals surface area contributed by atoms with Crippen molar-refractivity contribution in [2.75, 3.05) is 6.61 Å². The molecule has 1 aromatic heterocycles. The lowest BCUT2D eigenvalue weighted by Gasteiger charge is -2.51. The number of ether oxygens (including phenoxy) is 1. The number of aryl methyl sites for hydroxylation is 3. The number of hydrogen-bond donors (Lipinski definition) is 0. The minimum Gasteiger partial charge on any atom is -0.414 e. The van der Waals surface area contributed by atoms with Crippen molar-refractivity contribution in [2.24, 2.45) is 0 Å². The van der Waals surface area contributed by atoms with Gasteiger partial charge in [-0.25, -0.2) is 4.79 Å². The molecule has 3 aromatic rings. The van der Waals surface area contributed by atoms with Crippen molar-refractivity contribution in [1.82, 2.24) is 9.13 Å². The topological polar surface area (TPSA) is 98.0 Å². The van der Waals surface area contributed by atoms with Crippen molar-refractivity contribution >= 4 is 34.8 Å². The zero-order valence-electron chi connectivity index (χ0n) is 30.7. The molecule has 2 aliphatic rings. The van der Waals surface area contributed by atoms with Crippen molar-refractivity contribution in [3.8, 4) is 0 Å². The maximum atomic E-state index is 14.4. The number of aromatic nitrogens is 2. The van der Waals surface area contributed by atoms with Crippen molar-refractivity contribution in [2.45, 2.75) is 127 Å². The van der Waals surface area contributed by atoms with E-state index in [-0.39, 0.29) is 39.9 Å². The smallest absolute Gasteiger partial charge is 0.340 e. The highest BCUT2D eigenvalue weighted by Gasteiger charge is 2.62. The minimum atomic E-state index is -3.04. The summed E-state index contributed by atoms with van der Waals surface area (Å²) in [5.41, 5.74) is 1.81. The molecule has 2 aromatic carbocycles. The Morgan fingerprint density at radius 1 is 0.796 bits per heavy atom. The maximum absolute atomic E-state index is 14.4. The molecule has 49 heavy (non-hydrogen) atoms. The van der Waals surface area contributed by atoms with Gasteiger partial charge >= 0.3 is 22.8 Å². The molecule has 0 saturated carbocycles. The summed E-state index contributed by atoms with van der Waals surface area (Å²) in [5, 5.41) is -0.441. The highest BCUT2D eigenvalue weighted by Crippen LogP contribution is 2.51. The van der Waals surface area contributed by atoms with Crippen LogP contribution in [-0.2, 0) is 17.7 Å². The first-order valence-corrected chi connectivity index (χ1v) is 22.2. The molecule has 0 amide bonds. The molecule has 9 nitrogen and oxygen atoms in total. The lowest BCUT2D eigenvalue weighted by Crippen LogP contribution is -2.65. The molecule has 2 aliphatic heterocycles. The molecule has 3 heterocycles. The Kier molecular flexibility index (Phi) is 11.2. The maximum Gasteiger partial charge on any atom is 0.340 e. The molecular weight excluding hydrogens is 673 g/mol. The van der Waals surface area contributed by atoms with Gasteiger partial charge in [0.2, 0.25) is 0 Å². The van der Waals surface area contributed by atoms with Crippen LogP contribution in [0, 0.1) is 20.8 Å². The second-order valence-electron chi connectivity index (χ2n) is 14.7. The Balaban J connectivity index is 1.72. The van der Waals surface area contributed by atoms with Crippen LogP contribution in [0.2, 0.25) is 22.2 Å². The number of hydrogen-bond acceptors (Lipinski definition) is 8. The second kappa shape index (κ2) is 14.6. The monoisotopic (exact) mass is 724 g/mol. The first-order valence-electron chi connectivity index (χ1n) is 17.4. The molecule has 2 fully saturated rings. The van der Waals surface area contributed by atoms with Gasteiger partial charge in [0.05, 0.1) is 18.0 Å². The number of carbonyl (C=O) groups is 1. The fraction of sp³-hybridized carbons (Fsp3) is 0.541. The van der Waals surface area contributed by atoms with Crippen LogP contribution in [-0.4, -0.2) is 56.2 Å². The van der Waals surface area contributed by atoms with Gasteiger partial charge in [-0.05, 0) is 66.2 Å². The third kappa shape index (κ3) is 6.77. The minimum absolute atomic E-state index is 0.0967. The van der Waals surface area contributed by atoms with Crippen LogP contribution in [0.5, 0.6) is 0 Å². The van der Waals surface area contributed by atoms with Crippen LogP contribution in [0.4, 0.5) is 0 Å². The molecule has 0 N–H and O–H groups in total. The second-order valence-corrected chi connectivity index (χ2v) is 24.8. The van der Waals surface area contributed by atoms with Gasteiger partial charge in [-0.3, -0.25) is 14.2 Å². The van der Waals surface area contributed by atoms with Crippen LogP contribution >= 0.6 is 11.8 Å². The summed E-state index contributed by atoms with van der Waals surface area (Å²) in [6.45, 7) is 23.5. The predicted octanol–water partition coefficient (Wildman–Crippen LogP) is 7.64. The average Bonchev–Trinajstić information content (AvgIpc) is 3.36. The summed E-state index contributed by atoms with van der Waals surface area (Å²) in [5.74, 6) is -0.681. The Morgan fingerprint density at radius 2 is 1.37 bits per heavy atom. The zero-order valence-corrected chi connectivity index (χ0v) is 33.5. The normalized spacial score (nSPS) is 23.6. The van der Waals surface area contributed by atoms with Crippen LogP contribution in [0.15, 0.2) is 69.2 Å². The summed E-state index contributed by atoms with van der Waals surface area (Å²) >= 11 is 1.62. The number of fused-ring (bicyclic) bond motifs is 1. The lowest BCUT2D eigenvalue weighted by atomic mass is 10.1. The van der Waals surface area contributed by atoms with Gasteiger partial charge in [0.15, 0.2) is 6.23 Å². The first-order chi connectivity index (χ1) is 23.1. The van der Waals surface area contributed by atoms with E-state index in [9.17, 15) is 14.4 Å². The third-order valence-corrected chi connectivity index (χ3v) is 22.0. The van der Waals surface area contributed by atoms with Crippen molar-refractivity contribution in [3.63, 3.8) is 0 Å². The predicted molar refractivity (Wildman–Crippen MR) is 199 cm³/mol. The highest BCUT2D eigenvalue weighted by molar-refractivity contribution is 8.00. The molecule has 2 saturated heterocycles. The van der Waals surface area contributed by atoms with Gasteiger partial charge in [-0.15, -0.1) is 11.8 Å². The van der Waals surface area contributed by atoms with Crippen LogP contribution in [0.1, 0.15) is 88.7 Å². The Morgan fingerprint density at radius 3 is 1.92 bits per heavy atom. The molecule has 0 aliphatic carbocycles. The molecule has 5 rings (SSSR count). The van der Waals surface area contributed by atoms with E-state index in [4.69, 9.17) is 17.7 Å². The number of nitrogens with zero attached hydrogens (tertiary/aromatic N) is 2. The van der Waals surface area contributed by atoms with Crippen LogP contribution in [0.3, 0.4) is 0 Å². The number of benzene rings is 2. The van der Waals surface area contributed by atoms with Gasteiger partial charge < -0.3 is 17.7 Å². The van der Waals surface area contributed by atoms with E-state index in [1.807, 2.05) is 6.07 Å². The van der Waals surface area contributed by atoms with Gasteiger partial charge in [-0.1, -0.05) is 91.8 Å². The van der Waals surface area contributed by atoms with Gasteiger partial charge in [0.25, 0.3) is 11.5 Å². The van der Waals surface area contributed by atoms with Gasteiger partial charge in [-0.2, -0.15) is 4.57 Å². The Hall–Kier alpha value is -2.59. The van der Waals surface area contributed by atoms with Crippen molar-refractivity contribution in [1.29, 1.82) is 0 Å². The molecule has 0 bridgehead atoms. The first kappa shape index (κ1) is 37.7. The largest absolute Gasteiger partial charge is 0.414 e. The molecule has 12 heteroatoms. The highest BCUT2D eigenvalue weighted by atomic mass is 32.2. The fourth-order valence-electron chi connectivity index (χ4n) is 7.36. The van der Waals surface area contributed by atoms with E-state index in [1.54, 1.807) is 49.0 Å². The van der Waals surface area contributed by atoms with Crippen molar-refractivity contribution in [3.05, 3.63) is 97.8 Å². The molecular formula is C37H52N2O7SSi2. The molecule has 266 valence electrons. The number of thioether (sulfide) groups is 1. The quantitative estimate of drug-likeness (QED) is 0.219. The number of rotatable bonds is 8. The van der Waals surface area contributed by atoms with E-state index in [2.05, 4.69) is 81.4 Å². The Bertz CT molecular complexity index is 1750. The third-order valence-electron chi connectivity index (χ3n) is 10.1. The standard InChI is InChI=1S/C37H52N2O7SSi2/c1-22(2)48(23(3)4)43-21-30-31(45-49(46-48,24(5)6)25(7)8)33(47-32-26(9)16-15-17-27(32)10)36(44-30)38-20-28(11)34(40)39(37(38)42)35(41)29-18-13-12-14-19-29/h12-20,22-25,30-31,33,36H,21H2,1-11H3/t30-,31-,33+,36+/m1/s1. The lowest BCUT2D eigenvalue weighted by molar-refractivity contribution is -0.0567. The van der Waals surface area contributed by atoms with E-state index < -0.39 is 58.0 Å². The van der Waals surface area contributed by atoms with Crippen LogP contribution < -0.4 is 11.2 Å². The van der Waals surface area contributed by atoms with Crippen molar-refractivity contribution < 1.29 is 22.5 Å². The summed E-state index contributed by atoms with van der Waals surface area (Å²) in [7, 11) is -5.90. The average molecular weight is 725 g/mol. The summed E-state index contributed by atoms with van der Waals surface area (Å²) in [4.78, 5) is 42.6.